The lowest BCUT2D eigenvalue weighted by molar-refractivity contribution is 0.390. The number of thiol groups is 1. The zero-order valence-electron chi connectivity index (χ0n) is 8.41. The Morgan fingerprint density at radius 3 is 2.64 bits per heavy atom. The first kappa shape index (κ1) is 11.2. The van der Waals surface area contributed by atoms with Crippen molar-refractivity contribution in [3.05, 3.63) is 23.8 Å². The van der Waals surface area contributed by atoms with E-state index >= 15 is 0 Å². The molecule has 0 aromatic heterocycles. The van der Waals surface area contributed by atoms with Gasteiger partial charge in [-0.2, -0.15) is 12.6 Å². The van der Waals surface area contributed by atoms with Crippen molar-refractivity contribution in [3.63, 3.8) is 0 Å². The maximum absolute atomic E-state index is 5.24. The van der Waals surface area contributed by atoms with E-state index in [1.165, 1.54) is 0 Å². The monoisotopic (exact) mass is 213 g/mol. The molecule has 0 atom stereocenters. The molecule has 0 heterocycles. The predicted molar refractivity (Wildman–Crippen MR) is 60.2 cm³/mol. The molecule has 14 heavy (non-hydrogen) atoms. The van der Waals surface area contributed by atoms with Gasteiger partial charge in [0, 0.05) is 24.1 Å². The smallest absolute Gasteiger partial charge is 0.127 e. The molecule has 1 N–H and O–H groups in total. The Morgan fingerprint density at radius 2 is 2.07 bits per heavy atom. The first-order valence-electron chi connectivity index (χ1n) is 4.34. The summed E-state index contributed by atoms with van der Waals surface area (Å²) in [5.41, 5.74) is 1.10. The minimum atomic E-state index is 0.648. The van der Waals surface area contributed by atoms with Crippen molar-refractivity contribution in [1.82, 2.24) is 5.32 Å². The normalized spacial score (nSPS) is 9.93. The van der Waals surface area contributed by atoms with Crippen LogP contribution in [0, 0.1) is 0 Å². The lowest BCUT2D eigenvalue weighted by Crippen LogP contribution is -2.11. The molecule has 0 bridgehead atoms. The number of rotatable bonds is 5. The number of nitrogens with one attached hydrogen (secondary N) is 1. The van der Waals surface area contributed by atoms with Crippen LogP contribution in [0.15, 0.2) is 18.2 Å². The molecule has 0 spiro atoms. The van der Waals surface area contributed by atoms with E-state index in [1.54, 1.807) is 14.2 Å². The summed E-state index contributed by atoms with van der Waals surface area (Å²) in [6, 6.07) is 5.77. The summed E-state index contributed by atoms with van der Waals surface area (Å²) < 4.78 is 10.3. The van der Waals surface area contributed by atoms with E-state index in [0.29, 0.717) is 5.88 Å². The van der Waals surface area contributed by atoms with Gasteiger partial charge in [-0.25, -0.2) is 0 Å². The minimum absolute atomic E-state index is 0.648. The topological polar surface area (TPSA) is 30.5 Å². The number of ether oxygens (including phenoxy) is 2. The van der Waals surface area contributed by atoms with Gasteiger partial charge in [-0.1, -0.05) is 6.07 Å². The summed E-state index contributed by atoms with van der Waals surface area (Å²) in [4.78, 5) is 0. The average Bonchev–Trinajstić information content (AvgIpc) is 2.26. The zero-order chi connectivity index (χ0) is 10.4. The molecule has 0 aliphatic carbocycles. The van der Waals surface area contributed by atoms with E-state index in [0.717, 1.165) is 23.6 Å². The second-order valence-corrected chi connectivity index (χ2v) is 3.08. The van der Waals surface area contributed by atoms with Gasteiger partial charge in [0.15, 0.2) is 0 Å². The molecule has 4 heteroatoms. The summed E-state index contributed by atoms with van der Waals surface area (Å²) in [6.45, 7) is 0.747. The molecule has 0 aliphatic heterocycles. The number of benzene rings is 1. The first-order chi connectivity index (χ1) is 6.81. The van der Waals surface area contributed by atoms with E-state index in [2.05, 4.69) is 17.9 Å². The van der Waals surface area contributed by atoms with Crippen molar-refractivity contribution < 1.29 is 9.47 Å². The van der Waals surface area contributed by atoms with Crippen LogP contribution in [-0.4, -0.2) is 20.1 Å². The van der Waals surface area contributed by atoms with Crippen molar-refractivity contribution in [2.75, 3.05) is 20.1 Å². The quantitative estimate of drug-likeness (QED) is 0.576. The molecule has 1 rings (SSSR count). The highest BCUT2D eigenvalue weighted by atomic mass is 32.1. The third-order valence-corrected chi connectivity index (χ3v) is 2.15. The van der Waals surface area contributed by atoms with Gasteiger partial charge in [0.2, 0.25) is 0 Å². The van der Waals surface area contributed by atoms with Gasteiger partial charge >= 0.3 is 0 Å². The van der Waals surface area contributed by atoms with Gasteiger partial charge in [-0.3, -0.25) is 0 Å². The summed E-state index contributed by atoms with van der Waals surface area (Å²) >= 11 is 4.08. The van der Waals surface area contributed by atoms with Gasteiger partial charge < -0.3 is 14.8 Å². The molecule has 0 amide bonds. The fourth-order valence-corrected chi connectivity index (χ4v) is 1.30. The van der Waals surface area contributed by atoms with Crippen LogP contribution in [0.5, 0.6) is 11.5 Å². The average molecular weight is 213 g/mol. The van der Waals surface area contributed by atoms with Crippen LogP contribution in [-0.2, 0) is 6.54 Å². The third kappa shape index (κ3) is 2.82. The van der Waals surface area contributed by atoms with Gasteiger partial charge in [0.25, 0.3) is 0 Å². The summed E-state index contributed by atoms with van der Waals surface area (Å²) in [7, 11) is 3.29. The van der Waals surface area contributed by atoms with Crippen LogP contribution < -0.4 is 14.8 Å². The highest BCUT2D eigenvalue weighted by molar-refractivity contribution is 7.80. The van der Waals surface area contributed by atoms with Crippen LogP contribution in [0.1, 0.15) is 5.56 Å². The molecule has 0 saturated carbocycles. The molecule has 0 fully saturated rings. The molecular formula is C10H15NO2S. The van der Waals surface area contributed by atoms with E-state index in [1.807, 2.05) is 18.2 Å². The minimum Gasteiger partial charge on any atom is -0.497 e. The Balaban J connectivity index is 2.82. The summed E-state index contributed by atoms with van der Waals surface area (Å²) in [6.07, 6.45) is 0. The Bertz CT molecular complexity index is 291. The standard InChI is InChI=1S/C10H15NO2S/c1-12-9-4-3-8(6-11-7-14)10(5-9)13-2/h3-5,11,14H,6-7H2,1-2H3. The third-order valence-electron chi connectivity index (χ3n) is 1.92. The largest absolute Gasteiger partial charge is 0.497 e. The molecule has 1 aromatic carbocycles. The molecular weight excluding hydrogens is 198 g/mol. The fraction of sp³-hybridized carbons (Fsp3) is 0.400. The Hall–Kier alpha value is -0.870. The second kappa shape index (κ2) is 5.78. The van der Waals surface area contributed by atoms with Gasteiger partial charge in [-0.05, 0) is 6.07 Å². The predicted octanol–water partition coefficient (Wildman–Crippen LogP) is 1.68. The molecule has 0 radical (unpaired) electrons. The first-order valence-corrected chi connectivity index (χ1v) is 4.97. The van der Waals surface area contributed by atoms with Gasteiger partial charge in [0.1, 0.15) is 11.5 Å². The van der Waals surface area contributed by atoms with Crippen LogP contribution >= 0.6 is 12.6 Å². The molecule has 0 saturated heterocycles. The van der Waals surface area contributed by atoms with Crippen LogP contribution in [0.2, 0.25) is 0 Å². The Kier molecular flexibility index (Phi) is 4.62. The van der Waals surface area contributed by atoms with Crippen molar-refractivity contribution in [3.8, 4) is 11.5 Å². The van der Waals surface area contributed by atoms with Gasteiger partial charge in [-0.15, -0.1) is 0 Å². The van der Waals surface area contributed by atoms with E-state index < -0.39 is 0 Å². The molecule has 3 nitrogen and oxygen atoms in total. The van der Waals surface area contributed by atoms with Crippen LogP contribution in [0.3, 0.4) is 0 Å². The lowest BCUT2D eigenvalue weighted by atomic mass is 10.2. The zero-order valence-corrected chi connectivity index (χ0v) is 9.30. The molecule has 78 valence electrons. The number of hydrogen-bond donors (Lipinski definition) is 2. The summed E-state index contributed by atoms with van der Waals surface area (Å²) in [5.74, 6) is 2.28. The van der Waals surface area contributed by atoms with Crippen molar-refractivity contribution in [1.29, 1.82) is 0 Å². The van der Waals surface area contributed by atoms with E-state index in [4.69, 9.17) is 9.47 Å². The van der Waals surface area contributed by atoms with Crippen molar-refractivity contribution in [2.45, 2.75) is 6.54 Å². The summed E-state index contributed by atoms with van der Waals surface area (Å²) in [5, 5.41) is 3.12. The second-order valence-electron chi connectivity index (χ2n) is 2.76. The maximum Gasteiger partial charge on any atom is 0.127 e. The van der Waals surface area contributed by atoms with Crippen LogP contribution in [0.4, 0.5) is 0 Å². The van der Waals surface area contributed by atoms with Crippen LogP contribution in [0.25, 0.3) is 0 Å². The fourth-order valence-electron chi connectivity index (χ4n) is 1.19. The Morgan fingerprint density at radius 1 is 1.29 bits per heavy atom. The van der Waals surface area contributed by atoms with Crippen molar-refractivity contribution >= 4 is 12.6 Å². The lowest BCUT2D eigenvalue weighted by Gasteiger charge is -2.10. The highest BCUT2D eigenvalue weighted by Gasteiger charge is 2.03. The number of hydrogen-bond acceptors (Lipinski definition) is 4. The Labute approximate surface area is 89.8 Å². The molecule has 0 unspecified atom stereocenters. The highest BCUT2D eigenvalue weighted by Crippen LogP contribution is 2.24. The molecule has 1 aromatic rings. The maximum atomic E-state index is 5.24. The molecule has 0 aliphatic rings. The van der Waals surface area contributed by atoms with Gasteiger partial charge in [0.05, 0.1) is 14.2 Å². The van der Waals surface area contributed by atoms with E-state index in [-0.39, 0.29) is 0 Å². The SMILES string of the molecule is COc1ccc(CNCS)c(OC)c1. The van der Waals surface area contributed by atoms with Crippen molar-refractivity contribution in [2.24, 2.45) is 0 Å². The number of methoxy groups -OCH3 is 2. The van der Waals surface area contributed by atoms with E-state index in [9.17, 15) is 0 Å².